The lowest BCUT2D eigenvalue weighted by Crippen LogP contribution is -1.98. The molecule has 1 fully saturated rings. The molecule has 0 N–H and O–H groups in total. The molecule has 0 aromatic rings. The van der Waals surface area contributed by atoms with Gasteiger partial charge in [0.25, 0.3) is 0 Å². The maximum atomic E-state index is 10.4. The van der Waals surface area contributed by atoms with Crippen molar-refractivity contribution >= 4 is 33.8 Å². The van der Waals surface area contributed by atoms with Gasteiger partial charge in [0.2, 0.25) is 0 Å². The van der Waals surface area contributed by atoms with Crippen molar-refractivity contribution in [1.82, 2.24) is 0 Å². The second kappa shape index (κ2) is 3.00. The average molecular weight is 248 g/mol. The van der Waals surface area contributed by atoms with Crippen molar-refractivity contribution in [3.63, 3.8) is 0 Å². The quantitative estimate of drug-likeness (QED) is 0.594. The van der Waals surface area contributed by atoms with Crippen LogP contribution in [0.5, 0.6) is 0 Å². The van der Waals surface area contributed by atoms with E-state index in [0.717, 1.165) is 12.8 Å². The summed E-state index contributed by atoms with van der Waals surface area (Å²) in [5, 5.41) is 0. The Labute approximate surface area is 66.6 Å². The number of hydrogen-bond acceptors (Lipinski definition) is 2. The lowest BCUT2D eigenvalue weighted by Gasteiger charge is -1.81. The minimum atomic E-state index is -2.55. The van der Waals surface area contributed by atoms with E-state index in [4.69, 9.17) is 0 Å². The monoisotopic (exact) mass is 248 g/mol. The van der Waals surface area contributed by atoms with E-state index in [1.165, 1.54) is 0 Å². The lowest BCUT2D eigenvalue weighted by atomic mass is 10.4. The topological polar surface area (TPSA) is 34.1 Å². The summed E-state index contributed by atoms with van der Waals surface area (Å²) in [5.74, 6) is 0.847. The molecule has 0 saturated carbocycles. The zero-order valence-corrected chi connectivity index (χ0v) is 7.61. The van der Waals surface area contributed by atoms with Crippen molar-refractivity contribution in [3.05, 3.63) is 0 Å². The zero-order chi connectivity index (χ0) is 5.33. The summed E-state index contributed by atoms with van der Waals surface area (Å²) in [6.45, 7) is 0. The third-order valence-corrected chi connectivity index (χ3v) is 2.98. The first kappa shape index (κ1) is 8.68. The van der Waals surface area contributed by atoms with Gasteiger partial charge in [0.1, 0.15) is 9.84 Å². The zero-order valence-electron chi connectivity index (χ0n) is 4.46. The highest BCUT2D eigenvalue weighted by molar-refractivity contribution is 14.0. The van der Waals surface area contributed by atoms with Gasteiger partial charge in [-0.3, -0.25) is 0 Å². The summed E-state index contributed by atoms with van der Waals surface area (Å²) in [5.41, 5.74) is 0. The van der Waals surface area contributed by atoms with Crippen molar-refractivity contribution in [2.24, 2.45) is 0 Å². The molecule has 0 aromatic carbocycles. The first-order valence-corrected chi connectivity index (χ1v) is 4.23. The van der Waals surface area contributed by atoms with Crippen LogP contribution < -0.4 is 0 Å². The van der Waals surface area contributed by atoms with Crippen LogP contribution >= 0.6 is 24.0 Å². The summed E-state index contributed by atoms with van der Waals surface area (Å²) in [7, 11) is -2.55. The van der Waals surface area contributed by atoms with E-state index in [1.807, 2.05) is 0 Å². The molecule has 0 bridgehead atoms. The third-order valence-electron chi connectivity index (χ3n) is 1.16. The van der Waals surface area contributed by atoms with Crippen LogP contribution in [-0.4, -0.2) is 19.9 Å². The first-order chi connectivity index (χ1) is 3.21. The van der Waals surface area contributed by atoms with Gasteiger partial charge >= 0.3 is 0 Å². The third kappa shape index (κ3) is 2.30. The number of hydrogen-bond donors (Lipinski definition) is 0. The molecule has 0 radical (unpaired) electrons. The van der Waals surface area contributed by atoms with Crippen LogP contribution in [0.25, 0.3) is 0 Å². The molecule has 0 unspecified atom stereocenters. The minimum absolute atomic E-state index is 0. The Morgan fingerprint density at radius 3 is 1.50 bits per heavy atom. The Balaban J connectivity index is 0.000000490. The van der Waals surface area contributed by atoms with Crippen LogP contribution in [0.2, 0.25) is 0 Å². The largest absolute Gasteiger partial charge is 0.229 e. The molecule has 50 valence electrons. The smallest absolute Gasteiger partial charge is 0.150 e. The van der Waals surface area contributed by atoms with Crippen molar-refractivity contribution in [2.75, 3.05) is 11.5 Å². The fourth-order valence-corrected chi connectivity index (χ4v) is 2.24. The highest BCUT2D eigenvalue weighted by Crippen LogP contribution is 2.08. The fourth-order valence-electron chi connectivity index (χ4n) is 0.746. The summed E-state index contributed by atoms with van der Waals surface area (Å²) in [6, 6.07) is 0. The normalized spacial score (nSPS) is 24.5. The van der Waals surface area contributed by atoms with Gasteiger partial charge in [-0.1, -0.05) is 0 Å². The molecule has 4 heteroatoms. The molecule has 1 rings (SSSR count). The Morgan fingerprint density at radius 1 is 1.00 bits per heavy atom. The van der Waals surface area contributed by atoms with Gasteiger partial charge in [-0.15, -0.1) is 24.0 Å². The van der Waals surface area contributed by atoms with Crippen LogP contribution in [0.15, 0.2) is 0 Å². The lowest BCUT2D eigenvalue weighted by molar-refractivity contribution is 0.602. The minimum Gasteiger partial charge on any atom is -0.229 e. The van der Waals surface area contributed by atoms with Gasteiger partial charge in [-0.2, -0.15) is 0 Å². The van der Waals surface area contributed by atoms with Gasteiger partial charge in [-0.05, 0) is 12.8 Å². The molecule has 0 aromatic heterocycles. The Hall–Kier alpha value is 0.680. The number of halogens is 1. The van der Waals surface area contributed by atoms with Crippen LogP contribution in [0, 0.1) is 0 Å². The van der Waals surface area contributed by atoms with E-state index in [0.29, 0.717) is 11.5 Å². The van der Waals surface area contributed by atoms with Crippen molar-refractivity contribution in [2.45, 2.75) is 12.8 Å². The highest BCUT2D eigenvalue weighted by Gasteiger charge is 2.16. The summed E-state index contributed by atoms with van der Waals surface area (Å²) < 4.78 is 20.9. The van der Waals surface area contributed by atoms with E-state index in [2.05, 4.69) is 0 Å². The maximum absolute atomic E-state index is 10.4. The maximum Gasteiger partial charge on any atom is 0.150 e. The second-order valence-corrected chi connectivity index (χ2v) is 4.16. The molecule has 1 aliphatic heterocycles. The number of sulfone groups is 1. The Morgan fingerprint density at radius 2 is 1.38 bits per heavy atom. The molecule has 0 atom stereocenters. The fraction of sp³-hybridized carbons (Fsp3) is 1.00. The standard InChI is InChI=1S/C4H8O2S.HI/c5-7(6)3-1-2-4-7;/h1-4H2;1H. The van der Waals surface area contributed by atoms with Crippen molar-refractivity contribution in [1.29, 1.82) is 0 Å². The van der Waals surface area contributed by atoms with E-state index in [9.17, 15) is 8.42 Å². The molecule has 1 saturated heterocycles. The van der Waals surface area contributed by atoms with Crippen molar-refractivity contribution in [3.8, 4) is 0 Å². The second-order valence-electron chi connectivity index (χ2n) is 1.86. The van der Waals surface area contributed by atoms with E-state index < -0.39 is 9.84 Å². The molecule has 0 aliphatic carbocycles. The van der Waals surface area contributed by atoms with Crippen LogP contribution in [0.1, 0.15) is 12.8 Å². The molecule has 1 aliphatic rings. The van der Waals surface area contributed by atoms with Gasteiger partial charge in [-0.25, -0.2) is 8.42 Å². The van der Waals surface area contributed by atoms with Gasteiger partial charge in [0, 0.05) is 0 Å². The van der Waals surface area contributed by atoms with Crippen LogP contribution in [0.3, 0.4) is 0 Å². The molecular formula is C4H9IO2S. The molecule has 1 heterocycles. The molecule has 0 spiro atoms. The average Bonchev–Trinajstić information content (AvgIpc) is 1.84. The summed E-state index contributed by atoms with van der Waals surface area (Å²) in [4.78, 5) is 0. The first-order valence-electron chi connectivity index (χ1n) is 2.41. The van der Waals surface area contributed by atoms with Gasteiger partial charge in [0.05, 0.1) is 11.5 Å². The highest BCUT2D eigenvalue weighted by atomic mass is 127. The number of rotatable bonds is 0. The van der Waals surface area contributed by atoms with E-state index >= 15 is 0 Å². The molecular weight excluding hydrogens is 239 g/mol. The van der Waals surface area contributed by atoms with Gasteiger partial charge < -0.3 is 0 Å². The van der Waals surface area contributed by atoms with Crippen LogP contribution in [0.4, 0.5) is 0 Å². The SMILES string of the molecule is I.O=S1(=O)CCCC1. The molecule has 2 nitrogen and oxygen atoms in total. The predicted octanol–water partition coefficient (Wildman–Crippen LogP) is 0.813. The van der Waals surface area contributed by atoms with E-state index in [-0.39, 0.29) is 24.0 Å². The molecule has 8 heavy (non-hydrogen) atoms. The van der Waals surface area contributed by atoms with Crippen LogP contribution in [-0.2, 0) is 9.84 Å². The summed E-state index contributed by atoms with van der Waals surface area (Å²) in [6.07, 6.45) is 1.75. The van der Waals surface area contributed by atoms with Gasteiger partial charge in [0.15, 0.2) is 0 Å². The Kier molecular flexibility index (Phi) is 3.26. The predicted molar refractivity (Wildman–Crippen MR) is 43.3 cm³/mol. The Bertz CT molecular complexity index is 137. The van der Waals surface area contributed by atoms with Crippen molar-refractivity contribution < 1.29 is 8.42 Å². The molecule has 0 amide bonds. The summed E-state index contributed by atoms with van der Waals surface area (Å²) >= 11 is 0. The van der Waals surface area contributed by atoms with E-state index in [1.54, 1.807) is 0 Å².